The van der Waals surface area contributed by atoms with Gasteiger partial charge in [-0.2, -0.15) is 0 Å². The maximum atomic E-state index is 4.06. The van der Waals surface area contributed by atoms with Crippen LogP contribution < -0.4 is 0 Å². The average molecular weight is 186 g/mol. The monoisotopic (exact) mass is 186 g/mol. The van der Waals surface area contributed by atoms with Gasteiger partial charge in [-0.15, -0.1) is 0 Å². The second-order valence-electron chi connectivity index (χ2n) is 4.44. The molecule has 0 unspecified atom stereocenters. The first-order valence-electron chi connectivity index (χ1n) is 5.49. The summed E-state index contributed by atoms with van der Waals surface area (Å²) < 4.78 is 0. The van der Waals surface area contributed by atoms with E-state index in [0.717, 1.165) is 5.92 Å². The zero-order valence-electron chi connectivity index (χ0n) is 8.92. The first-order chi connectivity index (χ1) is 6.75. The van der Waals surface area contributed by atoms with Crippen molar-refractivity contribution in [1.29, 1.82) is 0 Å². The lowest BCUT2D eigenvalue weighted by Gasteiger charge is -2.23. The SMILES string of the molecule is C=C1CCC(c2cccc(C)c2)CC1. The summed E-state index contributed by atoms with van der Waals surface area (Å²) in [6, 6.07) is 8.95. The van der Waals surface area contributed by atoms with Crippen LogP contribution in [0.2, 0.25) is 0 Å². The van der Waals surface area contributed by atoms with E-state index in [1.54, 1.807) is 0 Å². The van der Waals surface area contributed by atoms with Gasteiger partial charge < -0.3 is 0 Å². The maximum Gasteiger partial charge on any atom is -0.0156 e. The van der Waals surface area contributed by atoms with Crippen LogP contribution in [-0.2, 0) is 0 Å². The molecule has 0 amide bonds. The molecule has 0 aliphatic heterocycles. The highest BCUT2D eigenvalue weighted by molar-refractivity contribution is 5.26. The zero-order chi connectivity index (χ0) is 9.97. The number of aryl methyl sites for hydroxylation is 1. The number of allylic oxidation sites excluding steroid dienone is 1. The molecule has 0 radical (unpaired) electrons. The third kappa shape index (κ3) is 2.06. The fourth-order valence-electron chi connectivity index (χ4n) is 2.28. The summed E-state index contributed by atoms with van der Waals surface area (Å²) in [5, 5.41) is 0. The molecule has 74 valence electrons. The van der Waals surface area contributed by atoms with Gasteiger partial charge in [0.15, 0.2) is 0 Å². The molecule has 1 fully saturated rings. The topological polar surface area (TPSA) is 0 Å². The van der Waals surface area contributed by atoms with Gasteiger partial charge in [0.25, 0.3) is 0 Å². The minimum absolute atomic E-state index is 0.778. The lowest BCUT2D eigenvalue weighted by molar-refractivity contribution is 0.518. The Morgan fingerprint density at radius 2 is 1.93 bits per heavy atom. The van der Waals surface area contributed by atoms with Crippen molar-refractivity contribution in [2.24, 2.45) is 0 Å². The van der Waals surface area contributed by atoms with Gasteiger partial charge >= 0.3 is 0 Å². The molecule has 0 nitrogen and oxygen atoms in total. The molecule has 0 heterocycles. The molecule has 1 aromatic rings. The van der Waals surface area contributed by atoms with Gasteiger partial charge in [0.05, 0.1) is 0 Å². The molecular formula is C14H18. The average Bonchev–Trinajstić information content (AvgIpc) is 2.19. The van der Waals surface area contributed by atoms with Crippen molar-refractivity contribution in [2.75, 3.05) is 0 Å². The highest BCUT2D eigenvalue weighted by Gasteiger charge is 2.16. The molecule has 1 aromatic carbocycles. The molecule has 0 bridgehead atoms. The molecule has 1 aliphatic carbocycles. The zero-order valence-corrected chi connectivity index (χ0v) is 8.92. The van der Waals surface area contributed by atoms with Crippen LogP contribution in [0, 0.1) is 6.92 Å². The van der Waals surface area contributed by atoms with Gasteiger partial charge in [-0.05, 0) is 44.1 Å². The van der Waals surface area contributed by atoms with Gasteiger partial charge in [-0.3, -0.25) is 0 Å². The van der Waals surface area contributed by atoms with E-state index >= 15 is 0 Å². The summed E-state index contributed by atoms with van der Waals surface area (Å²) in [4.78, 5) is 0. The second-order valence-corrected chi connectivity index (χ2v) is 4.44. The Labute approximate surface area is 86.7 Å². The Morgan fingerprint density at radius 3 is 2.57 bits per heavy atom. The second kappa shape index (κ2) is 4.00. The molecule has 0 saturated heterocycles. The molecule has 0 atom stereocenters. The molecule has 14 heavy (non-hydrogen) atoms. The Balaban J connectivity index is 2.12. The lowest BCUT2D eigenvalue weighted by atomic mass is 9.82. The van der Waals surface area contributed by atoms with Crippen LogP contribution in [0.25, 0.3) is 0 Å². The van der Waals surface area contributed by atoms with E-state index in [0.29, 0.717) is 0 Å². The molecule has 0 spiro atoms. The van der Waals surface area contributed by atoms with E-state index < -0.39 is 0 Å². The Hall–Kier alpha value is -1.04. The quantitative estimate of drug-likeness (QED) is 0.576. The van der Waals surface area contributed by atoms with Crippen LogP contribution in [0.4, 0.5) is 0 Å². The smallest absolute Gasteiger partial charge is 0.0156 e. The van der Waals surface area contributed by atoms with Crippen LogP contribution in [-0.4, -0.2) is 0 Å². The first-order valence-corrected chi connectivity index (χ1v) is 5.49. The number of benzene rings is 1. The predicted octanol–water partition coefficient (Wildman–Crippen LogP) is 4.21. The predicted molar refractivity (Wildman–Crippen MR) is 61.5 cm³/mol. The number of rotatable bonds is 1. The third-order valence-corrected chi connectivity index (χ3v) is 3.21. The standard InChI is InChI=1S/C14H18/c1-11-6-8-13(9-7-11)14-5-3-4-12(2)10-14/h3-5,10,13H,1,6-9H2,2H3. The van der Waals surface area contributed by atoms with E-state index in [1.165, 1.54) is 42.4 Å². The minimum Gasteiger partial charge on any atom is -0.0999 e. The van der Waals surface area contributed by atoms with Crippen LogP contribution in [0.5, 0.6) is 0 Å². The Kier molecular flexibility index (Phi) is 2.72. The van der Waals surface area contributed by atoms with Crippen molar-refractivity contribution in [1.82, 2.24) is 0 Å². The van der Waals surface area contributed by atoms with Crippen LogP contribution in [0.3, 0.4) is 0 Å². The van der Waals surface area contributed by atoms with Crippen molar-refractivity contribution in [3.63, 3.8) is 0 Å². The van der Waals surface area contributed by atoms with E-state index in [9.17, 15) is 0 Å². The number of hydrogen-bond acceptors (Lipinski definition) is 0. The van der Waals surface area contributed by atoms with E-state index in [-0.39, 0.29) is 0 Å². The van der Waals surface area contributed by atoms with Crippen molar-refractivity contribution < 1.29 is 0 Å². The molecule has 0 N–H and O–H groups in total. The van der Waals surface area contributed by atoms with Crippen molar-refractivity contribution in [3.8, 4) is 0 Å². The number of hydrogen-bond donors (Lipinski definition) is 0. The Bertz CT molecular complexity index is 326. The van der Waals surface area contributed by atoms with Gasteiger partial charge in [0.2, 0.25) is 0 Å². The molecule has 1 saturated carbocycles. The fourth-order valence-corrected chi connectivity index (χ4v) is 2.28. The summed E-state index contributed by atoms with van der Waals surface area (Å²) >= 11 is 0. The maximum absolute atomic E-state index is 4.06. The first kappa shape index (κ1) is 9.51. The third-order valence-electron chi connectivity index (χ3n) is 3.21. The molecule has 0 heteroatoms. The van der Waals surface area contributed by atoms with E-state index in [1.807, 2.05) is 0 Å². The highest BCUT2D eigenvalue weighted by Crippen LogP contribution is 2.34. The highest BCUT2D eigenvalue weighted by atomic mass is 14.2. The van der Waals surface area contributed by atoms with Crippen molar-refractivity contribution in [2.45, 2.75) is 38.5 Å². The summed E-state index contributed by atoms with van der Waals surface area (Å²) in [6.07, 6.45) is 5.03. The largest absolute Gasteiger partial charge is 0.0999 e. The van der Waals surface area contributed by atoms with E-state index in [4.69, 9.17) is 0 Å². The Morgan fingerprint density at radius 1 is 1.21 bits per heavy atom. The summed E-state index contributed by atoms with van der Waals surface area (Å²) in [5.74, 6) is 0.778. The lowest BCUT2D eigenvalue weighted by Crippen LogP contribution is -2.05. The van der Waals surface area contributed by atoms with Crippen LogP contribution in [0.1, 0.15) is 42.7 Å². The molecule has 0 aromatic heterocycles. The molecule has 1 aliphatic rings. The molecular weight excluding hydrogens is 168 g/mol. The van der Waals surface area contributed by atoms with Crippen LogP contribution >= 0.6 is 0 Å². The summed E-state index contributed by atoms with van der Waals surface area (Å²) in [5.41, 5.74) is 4.35. The van der Waals surface area contributed by atoms with Crippen molar-refractivity contribution >= 4 is 0 Å². The minimum atomic E-state index is 0.778. The van der Waals surface area contributed by atoms with Gasteiger partial charge in [-0.25, -0.2) is 0 Å². The normalized spacial score (nSPS) is 18.5. The van der Waals surface area contributed by atoms with Crippen molar-refractivity contribution in [3.05, 3.63) is 47.5 Å². The van der Waals surface area contributed by atoms with Gasteiger partial charge in [0.1, 0.15) is 0 Å². The van der Waals surface area contributed by atoms with Gasteiger partial charge in [0, 0.05) is 0 Å². The van der Waals surface area contributed by atoms with E-state index in [2.05, 4.69) is 37.8 Å². The molecule has 2 rings (SSSR count). The summed E-state index contributed by atoms with van der Waals surface area (Å²) in [6.45, 7) is 6.23. The summed E-state index contributed by atoms with van der Waals surface area (Å²) in [7, 11) is 0. The van der Waals surface area contributed by atoms with Gasteiger partial charge in [-0.1, -0.05) is 42.0 Å². The van der Waals surface area contributed by atoms with Crippen LogP contribution in [0.15, 0.2) is 36.4 Å². The fraction of sp³-hybridized carbons (Fsp3) is 0.429.